The van der Waals surface area contributed by atoms with Gasteiger partial charge in [-0.15, -0.1) is 0 Å². The largest absolute Gasteiger partial charge is 0.480 e. The Morgan fingerprint density at radius 3 is 2.88 bits per heavy atom. The summed E-state index contributed by atoms with van der Waals surface area (Å²) in [5.41, 5.74) is 0.471. The van der Waals surface area contributed by atoms with E-state index in [0.717, 1.165) is 0 Å². The Labute approximate surface area is 92.2 Å². The highest BCUT2D eigenvalue weighted by Crippen LogP contribution is 2.07. The van der Waals surface area contributed by atoms with Crippen molar-refractivity contribution in [1.29, 1.82) is 0 Å². The third kappa shape index (κ3) is 3.74. The van der Waals surface area contributed by atoms with Gasteiger partial charge in [0.15, 0.2) is 0 Å². The van der Waals surface area contributed by atoms with Gasteiger partial charge < -0.3 is 19.6 Å². The zero-order chi connectivity index (χ0) is 12.0. The minimum absolute atomic E-state index is 0.162. The van der Waals surface area contributed by atoms with Gasteiger partial charge in [-0.2, -0.15) is 0 Å². The maximum absolute atomic E-state index is 11.5. The Balaban J connectivity index is 2.21. The number of aryl methyl sites for hydroxylation is 1. The van der Waals surface area contributed by atoms with E-state index in [1.54, 1.807) is 13.0 Å². The first-order chi connectivity index (χ1) is 7.61. The molecule has 88 valence electrons. The number of carbonyl (C=O) groups excluding carboxylic acids is 1. The van der Waals surface area contributed by atoms with Crippen molar-refractivity contribution in [3.05, 3.63) is 23.7 Å². The molecule has 16 heavy (non-hydrogen) atoms. The van der Waals surface area contributed by atoms with Crippen LogP contribution in [0.2, 0.25) is 0 Å². The average molecular weight is 227 g/mol. The molecule has 0 atom stereocenters. The van der Waals surface area contributed by atoms with Crippen LogP contribution >= 0.6 is 0 Å². The van der Waals surface area contributed by atoms with Gasteiger partial charge in [0, 0.05) is 6.54 Å². The molecule has 1 amide bonds. The molecule has 2 N–H and O–H groups in total. The molecule has 0 bridgehead atoms. The lowest BCUT2D eigenvalue weighted by Gasteiger charge is -2.04. The maximum Gasteiger partial charge on any atom is 0.329 e. The third-order valence-corrected chi connectivity index (χ3v) is 1.86. The number of aliphatic carboxylic acids is 1. The molecule has 0 aromatic carbocycles. The van der Waals surface area contributed by atoms with Crippen molar-refractivity contribution in [2.24, 2.45) is 0 Å². The molecule has 1 rings (SSSR count). The van der Waals surface area contributed by atoms with Gasteiger partial charge in [0.1, 0.15) is 12.4 Å². The van der Waals surface area contributed by atoms with Gasteiger partial charge in [0.2, 0.25) is 0 Å². The molecule has 0 aliphatic heterocycles. The summed E-state index contributed by atoms with van der Waals surface area (Å²) in [5, 5.41) is 10.9. The smallest absolute Gasteiger partial charge is 0.329 e. The predicted octanol–water partition coefficient (Wildman–Crippen LogP) is 0.419. The first kappa shape index (κ1) is 12.3. The maximum atomic E-state index is 11.5. The molecule has 0 aliphatic carbocycles. The topological polar surface area (TPSA) is 88.8 Å². The first-order valence-electron chi connectivity index (χ1n) is 4.73. The van der Waals surface area contributed by atoms with Crippen LogP contribution in [0.4, 0.5) is 0 Å². The number of carboxylic acids is 1. The normalized spacial score (nSPS) is 10.1. The highest BCUT2D eigenvalue weighted by atomic mass is 16.5. The van der Waals surface area contributed by atoms with Gasteiger partial charge in [0.25, 0.3) is 5.91 Å². The van der Waals surface area contributed by atoms with Crippen LogP contribution in [0.25, 0.3) is 0 Å². The van der Waals surface area contributed by atoms with Gasteiger partial charge in [-0.05, 0) is 13.0 Å². The molecule has 1 aromatic rings. The lowest BCUT2D eigenvalue weighted by molar-refractivity contribution is -0.142. The van der Waals surface area contributed by atoms with Crippen LogP contribution in [0, 0.1) is 6.92 Å². The number of rotatable bonds is 6. The number of carbonyl (C=O) groups is 2. The third-order valence-electron chi connectivity index (χ3n) is 1.86. The van der Waals surface area contributed by atoms with E-state index in [0.29, 0.717) is 11.3 Å². The summed E-state index contributed by atoms with van der Waals surface area (Å²) in [7, 11) is 0. The number of amides is 1. The second kappa shape index (κ2) is 5.92. The van der Waals surface area contributed by atoms with Crippen LogP contribution in [-0.4, -0.2) is 36.7 Å². The SMILES string of the molecule is Cc1occc1C(=O)NCCOCC(=O)O. The lowest BCUT2D eigenvalue weighted by atomic mass is 10.2. The monoisotopic (exact) mass is 227 g/mol. The van der Waals surface area contributed by atoms with Crippen LogP contribution in [0.15, 0.2) is 16.7 Å². The fourth-order valence-electron chi connectivity index (χ4n) is 1.11. The Bertz CT molecular complexity index is 371. The quantitative estimate of drug-likeness (QED) is 0.687. The summed E-state index contributed by atoms with van der Waals surface area (Å²) in [6, 6.07) is 1.57. The summed E-state index contributed by atoms with van der Waals surface area (Å²) in [5.74, 6) is -0.744. The highest BCUT2D eigenvalue weighted by Gasteiger charge is 2.10. The summed E-state index contributed by atoms with van der Waals surface area (Å²) in [6.07, 6.45) is 1.44. The Kier molecular flexibility index (Phi) is 4.53. The molecular formula is C10H13NO5. The zero-order valence-electron chi connectivity index (χ0n) is 8.86. The summed E-state index contributed by atoms with van der Waals surface area (Å²) in [4.78, 5) is 21.6. The molecule has 1 aromatic heterocycles. The minimum atomic E-state index is -1.03. The number of carboxylic acid groups (broad SMARTS) is 1. The zero-order valence-corrected chi connectivity index (χ0v) is 8.86. The van der Waals surface area contributed by atoms with Crippen molar-refractivity contribution in [2.75, 3.05) is 19.8 Å². The number of hydrogen-bond acceptors (Lipinski definition) is 4. The van der Waals surface area contributed by atoms with Gasteiger partial charge in [-0.3, -0.25) is 4.79 Å². The molecule has 6 nitrogen and oxygen atoms in total. The molecule has 0 fully saturated rings. The van der Waals surface area contributed by atoms with E-state index in [2.05, 4.69) is 5.32 Å². The summed E-state index contributed by atoms with van der Waals surface area (Å²) >= 11 is 0. The molecule has 6 heteroatoms. The van der Waals surface area contributed by atoms with Gasteiger partial charge >= 0.3 is 5.97 Å². The second-order valence-corrected chi connectivity index (χ2v) is 3.09. The van der Waals surface area contributed by atoms with Gasteiger partial charge in [-0.25, -0.2) is 4.79 Å². The van der Waals surface area contributed by atoms with Crippen LogP contribution in [-0.2, 0) is 9.53 Å². The molecule has 0 saturated heterocycles. The van der Waals surface area contributed by atoms with Crippen LogP contribution in [0.3, 0.4) is 0 Å². The van der Waals surface area contributed by atoms with Crippen molar-refractivity contribution in [3.8, 4) is 0 Å². The van der Waals surface area contributed by atoms with E-state index in [9.17, 15) is 9.59 Å². The van der Waals surface area contributed by atoms with Crippen LogP contribution in [0.1, 0.15) is 16.1 Å². The van der Waals surface area contributed by atoms with Crippen molar-refractivity contribution >= 4 is 11.9 Å². The minimum Gasteiger partial charge on any atom is -0.480 e. The van der Waals surface area contributed by atoms with E-state index in [1.165, 1.54) is 6.26 Å². The lowest BCUT2D eigenvalue weighted by Crippen LogP contribution is -2.28. The molecule has 0 spiro atoms. The Hall–Kier alpha value is -1.82. The summed E-state index contributed by atoms with van der Waals surface area (Å²) in [6.45, 7) is 1.75. The molecule has 0 aliphatic rings. The average Bonchev–Trinajstić information content (AvgIpc) is 2.63. The molecule has 0 radical (unpaired) electrons. The second-order valence-electron chi connectivity index (χ2n) is 3.09. The molecule has 0 unspecified atom stereocenters. The predicted molar refractivity (Wildman–Crippen MR) is 54.2 cm³/mol. The molecule has 1 heterocycles. The number of ether oxygens (including phenoxy) is 1. The summed E-state index contributed by atoms with van der Waals surface area (Å²) < 4.78 is 9.73. The fraction of sp³-hybridized carbons (Fsp3) is 0.400. The van der Waals surface area contributed by atoms with Gasteiger partial charge in [0.05, 0.1) is 18.4 Å². The van der Waals surface area contributed by atoms with Crippen LogP contribution in [0.5, 0.6) is 0 Å². The van der Waals surface area contributed by atoms with E-state index < -0.39 is 5.97 Å². The van der Waals surface area contributed by atoms with E-state index >= 15 is 0 Å². The molecular weight excluding hydrogens is 214 g/mol. The number of furan rings is 1. The van der Waals surface area contributed by atoms with Crippen LogP contribution < -0.4 is 5.32 Å². The van der Waals surface area contributed by atoms with Crippen molar-refractivity contribution < 1.29 is 23.8 Å². The van der Waals surface area contributed by atoms with E-state index in [4.69, 9.17) is 14.3 Å². The Morgan fingerprint density at radius 1 is 1.56 bits per heavy atom. The van der Waals surface area contributed by atoms with Gasteiger partial charge in [-0.1, -0.05) is 0 Å². The number of hydrogen-bond donors (Lipinski definition) is 2. The molecule has 0 saturated carbocycles. The van der Waals surface area contributed by atoms with Crippen molar-refractivity contribution in [1.82, 2.24) is 5.32 Å². The number of nitrogens with one attached hydrogen (secondary N) is 1. The van der Waals surface area contributed by atoms with Crippen molar-refractivity contribution in [2.45, 2.75) is 6.92 Å². The highest BCUT2D eigenvalue weighted by molar-refractivity contribution is 5.94. The van der Waals surface area contributed by atoms with E-state index in [1.807, 2.05) is 0 Å². The van der Waals surface area contributed by atoms with Crippen molar-refractivity contribution in [3.63, 3.8) is 0 Å². The van der Waals surface area contributed by atoms with E-state index in [-0.39, 0.29) is 25.7 Å². The Morgan fingerprint density at radius 2 is 2.31 bits per heavy atom. The fourth-order valence-corrected chi connectivity index (χ4v) is 1.11. The standard InChI is InChI=1S/C10H13NO5/c1-7-8(2-4-16-7)10(14)11-3-5-15-6-9(12)13/h2,4H,3,5-6H2,1H3,(H,11,14)(H,12,13). The first-order valence-corrected chi connectivity index (χ1v) is 4.73.